The van der Waals surface area contributed by atoms with Crippen LogP contribution in [0.3, 0.4) is 0 Å². The second-order valence-corrected chi connectivity index (χ2v) is 7.64. The molecule has 0 radical (unpaired) electrons. The van der Waals surface area contributed by atoms with Crippen LogP contribution in [0.2, 0.25) is 0 Å². The first-order valence-electron chi connectivity index (χ1n) is 6.80. The van der Waals surface area contributed by atoms with Gasteiger partial charge in [0.2, 0.25) is 0 Å². The average Bonchev–Trinajstić information content (AvgIpc) is 2.85. The fourth-order valence-electron chi connectivity index (χ4n) is 3.29. The van der Waals surface area contributed by atoms with Gasteiger partial charge in [0.25, 0.3) is 0 Å². The first kappa shape index (κ1) is 12.9. The monoisotopic (exact) mass is 280 g/mol. The van der Waals surface area contributed by atoms with Crippen LogP contribution in [-0.4, -0.2) is 40.9 Å². The normalized spacial score (nSPS) is 27.3. The molecule has 2 aliphatic rings. The van der Waals surface area contributed by atoms with Crippen LogP contribution in [0.4, 0.5) is 5.69 Å². The topological polar surface area (TPSA) is 49.4 Å². The van der Waals surface area contributed by atoms with Crippen LogP contribution in [0, 0.1) is 11.8 Å². The van der Waals surface area contributed by atoms with E-state index < -0.39 is 9.84 Å². The van der Waals surface area contributed by atoms with Crippen molar-refractivity contribution in [2.24, 2.45) is 11.8 Å². The summed E-state index contributed by atoms with van der Waals surface area (Å²) in [5.74, 6) is 1.42. The number of para-hydroxylation sites is 1. The van der Waals surface area contributed by atoms with E-state index in [0.29, 0.717) is 10.8 Å². The third kappa shape index (κ3) is 2.49. The number of nitrogens with one attached hydrogen (secondary N) is 1. The van der Waals surface area contributed by atoms with Crippen molar-refractivity contribution in [3.8, 4) is 0 Å². The van der Waals surface area contributed by atoms with Gasteiger partial charge in [0.05, 0.1) is 10.6 Å². The molecule has 3 rings (SSSR count). The number of fused-ring (bicyclic) bond motifs is 1. The van der Waals surface area contributed by atoms with E-state index in [-0.39, 0.29) is 0 Å². The minimum Gasteiger partial charge on any atom is -0.370 e. The molecule has 0 aromatic heterocycles. The standard InChI is InChI=1S/C14H20N2O2S/c1-19(17,18)14-5-3-2-4-13(14)16-7-6-11-8-15-9-12(11)10-16/h2-5,11-12,15H,6-10H2,1H3. The number of sulfone groups is 1. The molecule has 1 N–H and O–H groups in total. The molecule has 2 saturated heterocycles. The summed E-state index contributed by atoms with van der Waals surface area (Å²) in [6.07, 6.45) is 2.44. The summed E-state index contributed by atoms with van der Waals surface area (Å²) in [5.41, 5.74) is 0.871. The Balaban J connectivity index is 1.91. The highest BCUT2D eigenvalue weighted by atomic mass is 32.2. The second-order valence-electron chi connectivity index (χ2n) is 5.65. The molecule has 0 bridgehead atoms. The highest BCUT2D eigenvalue weighted by Crippen LogP contribution is 2.32. The predicted molar refractivity (Wildman–Crippen MR) is 76.2 cm³/mol. The number of rotatable bonds is 2. The Morgan fingerprint density at radius 1 is 1.21 bits per heavy atom. The van der Waals surface area contributed by atoms with E-state index >= 15 is 0 Å². The molecule has 0 amide bonds. The summed E-state index contributed by atoms with van der Waals surface area (Å²) in [5, 5.41) is 3.44. The van der Waals surface area contributed by atoms with Crippen molar-refractivity contribution in [1.82, 2.24) is 5.32 Å². The largest absolute Gasteiger partial charge is 0.370 e. The number of nitrogens with zero attached hydrogens (tertiary/aromatic N) is 1. The lowest BCUT2D eigenvalue weighted by molar-refractivity contribution is 0.348. The van der Waals surface area contributed by atoms with Gasteiger partial charge in [-0.25, -0.2) is 8.42 Å². The molecule has 0 aliphatic carbocycles. The molecule has 19 heavy (non-hydrogen) atoms. The van der Waals surface area contributed by atoms with Crippen LogP contribution < -0.4 is 10.2 Å². The first-order valence-corrected chi connectivity index (χ1v) is 8.69. The molecule has 0 spiro atoms. The highest BCUT2D eigenvalue weighted by Gasteiger charge is 2.33. The number of piperidine rings is 1. The Kier molecular flexibility index (Phi) is 3.27. The lowest BCUT2D eigenvalue weighted by atomic mass is 9.88. The molecule has 1 aromatic rings. The van der Waals surface area contributed by atoms with Crippen LogP contribution in [0.1, 0.15) is 6.42 Å². The van der Waals surface area contributed by atoms with Gasteiger partial charge in [-0.15, -0.1) is 0 Å². The zero-order chi connectivity index (χ0) is 13.5. The minimum atomic E-state index is -3.16. The van der Waals surface area contributed by atoms with Crippen molar-refractivity contribution in [3.05, 3.63) is 24.3 Å². The van der Waals surface area contributed by atoms with Gasteiger partial charge in [-0.2, -0.15) is 0 Å². The molecule has 2 fully saturated rings. The van der Waals surface area contributed by atoms with Gasteiger partial charge in [-0.3, -0.25) is 0 Å². The van der Waals surface area contributed by atoms with E-state index in [1.54, 1.807) is 12.1 Å². The van der Waals surface area contributed by atoms with Gasteiger partial charge in [0.15, 0.2) is 9.84 Å². The van der Waals surface area contributed by atoms with Crippen LogP contribution in [0.15, 0.2) is 29.2 Å². The Morgan fingerprint density at radius 3 is 2.74 bits per heavy atom. The van der Waals surface area contributed by atoms with Gasteiger partial charge in [-0.05, 0) is 43.5 Å². The fourth-order valence-corrected chi connectivity index (χ4v) is 4.19. The van der Waals surface area contributed by atoms with Crippen molar-refractivity contribution in [2.45, 2.75) is 11.3 Å². The molecule has 2 atom stereocenters. The SMILES string of the molecule is CS(=O)(=O)c1ccccc1N1CCC2CNCC2C1. The van der Waals surface area contributed by atoms with Gasteiger partial charge in [-0.1, -0.05) is 12.1 Å². The first-order chi connectivity index (χ1) is 9.05. The summed E-state index contributed by atoms with van der Waals surface area (Å²) in [4.78, 5) is 2.70. The van der Waals surface area contributed by atoms with Crippen LogP contribution >= 0.6 is 0 Å². The van der Waals surface area contributed by atoms with Crippen molar-refractivity contribution >= 4 is 15.5 Å². The summed E-state index contributed by atoms with van der Waals surface area (Å²) in [6, 6.07) is 7.36. The van der Waals surface area contributed by atoms with Gasteiger partial charge in [0.1, 0.15) is 0 Å². The molecule has 1 aromatic carbocycles. The van der Waals surface area contributed by atoms with E-state index in [4.69, 9.17) is 0 Å². The van der Waals surface area contributed by atoms with E-state index in [0.717, 1.165) is 44.2 Å². The van der Waals surface area contributed by atoms with Crippen molar-refractivity contribution in [3.63, 3.8) is 0 Å². The van der Waals surface area contributed by atoms with Gasteiger partial charge < -0.3 is 10.2 Å². The lowest BCUT2D eigenvalue weighted by Crippen LogP contribution is -2.40. The van der Waals surface area contributed by atoms with E-state index in [1.165, 1.54) is 6.26 Å². The third-order valence-corrected chi connectivity index (χ3v) is 5.45. The molecule has 2 unspecified atom stereocenters. The van der Waals surface area contributed by atoms with Gasteiger partial charge >= 0.3 is 0 Å². The number of benzene rings is 1. The number of anilines is 1. The maximum atomic E-state index is 11.9. The highest BCUT2D eigenvalue weighted by molar-refractivity contribution is 7.90. The third-order valence-electron chi connectivity index (χ3n) is 4.31. The van der Waals surface area contributed by atoms with E-state index in [9.17, 15) is 8.42 Å². The molecular formula is C14H20N2O2S. The van der Waals surface area contributed by atoms with Gasteiger partial charge in [0, 0.05) is 19.3 Å². The molecule has 2 aliphatic heterocycles. The minimum absolute atomic E-state index is 0.458. The molecule has 2 heterocycles. The fraction of sp³-hybridized carbons (Fsp3) is 0.571. The summed E-state index contributed by atoms with van der Waals surface area (Å²) >= 11 is 0. The molecule has 104 valence electrons. The van der Waals surface area contributed by atoms with Crippen molar-refractivity contribution in [1.29, 1.82) is 0 Å². The Hall–Kier alpha value is -1.07. The summed E-state index contributed by atoms with van der Waals surface area (Å²) in [6.45, 7) is 4.09. The number of hydrogen-bond acceptors (Lipinski definition) is 4. The lowest BCUT2D eigenvalue weighted by Gasteiger charge is -2.36. The molecule has 0 saturated carbocycles. The maximum Gasteiger partial charge on any atom is 0.177 e. The number of hydrogen-bond donors (Lipinski definition) is 1. The zero-order valence-electron chi connectivity index (χ0n) is 11.2. The molecular weight excluding hydrogens is 260 g/mol. The van der Waals surface area contributed by atoms with E-state index in [1.807, 2.05) is 12.1 Å². The smallest absolute Gasteiger partial charge is 0.177 e. The summed E-state index contributed by atoms with van der Waals surface area (Å²) < 4.78 is 23.8. The molecule has 5 heteroatoms. The maximum absolute atomic E-state index is 11.9. The Bertz CT molecular complexity index is 571. The Labute approximate surface area is 114 Å². The average molecular weight is 280 g/mol. The second kappa shape index (κ2) is 4.80. The van der Waals surface area contributed by atoms with Crippen molar-refractivity contribution in [2.75, 3.05) is 37.3 Å². The quantitative estimate of drug-likeness (QED) is 0.882. The Morgan fingerprint density at radius 2 is 1.95 bits per heavy atom. The van der Waals surface area contributed by atoms with E-state index in [2.05, 4.69) is 10.2 Å². The van der Waals surface area contributed by atoms with Crippen LogP contribution in [0.5, 0.6) is 0 Å². The predicted octanol–water partition coefficient (Wildman–Crippen LogP) is 1.14. The van der Waals surface area contributed by atoms with Crippen LogP contribution in [-0.2, 0) is 9.84 Å². The summed E-state index contributed by atoms with van der Waals surface area (Å²) in [7, 11) is -3.16. The molecule has 4 nitrogen and oxygen atoms in total. The van der Waals surface area contributed by atoms with Crippen LogP contribution in [0.25, 0.3) is 0 Å². The van der Waals surface area contributed by atoms with Crippen molar-refractivity contribution < 1.29 is 8.42 Å². The zero-order valence-corrected chi connectivity index (χ0v) is 12.0.